The molecule has 0 aliphatic heterocycles. The molecule has 0 bridgehead atoms. The van der Waals surface area contributed by atoms with Gasteiger partial charge >= 0.3 is 0 Å². The van der Waals surface area contributed by atoms with Gasteiger partial charge in [-0.3, -0.25) is 0 Å². The van der Waals surface area contributed by atoms with Crippen LogP contribution in [0.25, 0.3) is 71.7 Å². The summed E-state index contributed by atoms with van der Waals surface area (Å²) in [4.78, 5) is 2.42. The van der Waals surface area contributed by atoms with Crippen molar-refractivity contribution in [1.29, 1.82) is 0 Å². The van der Waals surface area contributed by atoms with Crippen molar-refractivity contribution in [2.75, 3.05) is 4.90 Å². The molecule has 57 heavy (non-hydrogen) atoms. The van der Waals surface area contributed by atoms with Gasteiger partial charge < -0.3 is 9.32 Å². The van der Waals surface area contributed by atoms with E-state index in [-0.39, 0.29) is 5.41 Å². The highest BCUT2D eigenvalue weighted by Gasteiger charge is 2.35. The van der Waals surface area contributed by atoms with Crippen molar-refractivity contribution in [3.05, 3.63) is 210 Å². The lowest BCUT2D eigenvalue weighted by molar-refractivity contribution is 0.660. The molecule has 0 atom stereocenters. The quantitative estimate of drug-likeness (QED) is 0.169. The van der Waals surface area contributed by atoms with Crippen LogP contribution < -0.4 is 4.90 Å². The van der Waals surface area contributed by atoms with Gasteiger partial charge in [-0.15, -0.1) is 0 Å². The predicted molar refractivity (Wildman–Crippen MR) is 240 cm³/mol. The van der Waals surface area contributed by atoms with Gasteiger partial charge in [0.1, 0.15) is 11.2 Å². The van der Waals surface area contributed by atoms with Crippen LogP contribution in [0.1, 0.15) is 43.4 Å². The van der Waals surface area contributed by atoms with Gasteiger partial charge in [0, 0.05) is 33.3 Å². The Labute approximate surface area is 333 Å². The van der Waals surface area contributed by atoms with Crippen molar-refractivity contribution in [3.8, 4) is 33.4 Å². The molecule has 2 aliphatic rings. The first kappa shape index (κ1) is 33.4. The molecule has 1 aromatic heterocycles. The average Bonchev–Trinajstić information content (AvgIpc) is 3.76. The summed E-state index contributed by atoms with van der Waals surface area (Å²) >= 11 is 0. The van der Waals surface area contributed by atoms with E-state index in [2.05, 4.69) is 207 Å². The Morgan fingerprint density at radius 2 is 1.09 bits per heavy atom. The molecule has 0 radical (unpaired) electrons. The van der Waals surface area contributed by atoms with E-state index in [0.29, 0.717) is 0 Å². The molecule has 0 spiro atoms. The molecule has 2 heteroatoms. The van der Waals surface area contributed by atoms with Crippen molar-refractivity contribution < 1.29 is 4.42 Å². The predicted octanol–water partition coefficient (Wildman–Crippen LogP) is 15.3. The number of allylic oxidation sites excluding steroid dienone is 4. The molecule has 0 amide bonds. The van der Waals surface area contributed by atoms with Gasteiger partial charge in [-0.2, -0.15) is 0 Å². The summed E-state index contributed by atoms with van der Waals surface area (Å²) in [5.74, 6) is 0. The Balaban J connectivity index is 0.875. The second kappa shape index (κ2) is 13.1. The minimum Gasteiger partial charge on any atom is -0.456 e. The number of hydrogen-bond acceptors (Lipinski definition) is 2. The van der Waals surface area contributed by atoms with Gasteiger partial charge in [0.25, 0.3) is 0 Å². The molecule has 2 aliphatic carbocycles. The van der Waals surface area contributed by atoms with Crippen LogP contribution in [-0.4, -0.2) is 0 Å². The van der Waals surface area contributed by atoms with Crippen molar-refractivity contribution in [2.24, 2.45) is 0 Å². The maximum atomic E-state index is 6.27. The third-order valence-electron chi connectivity index (χ3n) is 12.4. The highest BCUT2D eigenvalue weighted by molar-refractivity contribution is 6.19. The Kier molecular flexibility index (Phi) is 7.69. The minimum atomic E-state index is -0.0187. The van der Waals surface area contributed by atoms with Gasteiger partial charge in [0.15, 0.2) is 0 Å². The fraction of sp³-hybridized carbons (Fsp3) is 0.0909. The van der Waals surface area contributed by atoms with Gasteiger partial charge in [-0.25, -0.2) is 0 Å². The van der Waals surface area contributed by atoms with Crippen LogP contribution >= 0.6 is 0 Å². The summed E-state index contributed by atoms with van der Waals surface area (Å²) in [6.07, 6.45) is 6.55. The Hall–Kier alpha value is -6.90. The molecule has 1 heterocycles. The van der Waals surface area contributed by atoms with E-state index >= 15 is 0 Å². The highest BCUT2D eigenvalue weighted by Crippen LogP contribution is 2.49. The van der Waals surface area contributed by atoms with Crippen LogP contribution in [0.3, 0.4) is 0 Å². The first-order valence-corrected chi connectivity index (χ1v) is 20.0. The fourth-order valence-electron chi connectivity index (χ4n) is 9.40. The Morgan fingerprint density at radius 1 is 0.456 bits per heavy atom. The normalized spacial score (nSPS) is 14.4. The van der Waals surface area contributed by atoms with E-state index < -0.39 is 0 Å². The summed E-state index contributed by atoms with van der Waals surface area (Å²) in [7, 11) is 0. The molecular weight excluding hydrogens is 691 g/mol. The van der Waals surface area contributed by atoms with E-state index in [1.54, 1.807) is 0 Å². The Bertz CT molecular complexity index is 3070. The van der Waals surface area contributed by atoms with Crippen molar-refractivity contribution in [3.63, 3.8) is 0 Å². The van der Waals surface area contributed by atoms with E-state index in [4.69, 9.17) is 4.42 Å². The summed E-state index contributed by atoms with van der Waals surface area (Å²) in [6.45, 7) is 4.70. The van der Waals surface area contributed by atoms with E-state index in [0.717, 1.165) is 29.4 Å². The van der Waals surface area contributed by atoms with Crippen LogP contribution in [0.15, 0.2) is 198 Å². The van der Waals surface area contributed by atoms with Gasteiger partial charge in [0.2, 0.25) is 0 Å². The maximum Gasteiger partial charge on any atom is 0.136 e. The largest absolute Gasteiger partial charge is 0.456 e. The molecule has 11 rings (SSSR count). The van der Waals surface area contributed by atoms with Crippen LogP contribution in [-0.2, 0) is 5.41 Å². The fourth-order valence-corrected chi connectivity index (χ4v) is 9.40. The molecule has 9 aromatic rings. The molecule has 8 aromatic carbocycles. The first-order valence-electron chi connectivity index (χ1n) is 20.0. The zero-order chi connectivity index (χ0) is 38.1. The summed E-state index contributed by atoms with van der Waals surface area (Å²) in [5, 5.41) is 4.80. The van der Waals surface area contributed by atoms with Gasteiger partial charge in [-0.1, -0.05) is 147 Å². The zero-order valence-electron chi connectivity index (χ0n) is 32.2. The third kappa shape index (κ3) is 5.55. The van der Waals surface area contributed by atoms with Gasteiger partial charge in [-0.05, 0) is 134 Å². The number of furan rings is 1. The van der Waals surface area contributed by atoms with Gasteiger partial charge in [0.05, 0.1) is 0 Å². The number of nitrogens with zero attached hydrogens (tertiary/aromatic N) is 1. The number of benzene rings is 8. The monoisotopic (exact) mass is 731 g/mol. The van der Waals surface area contributed by atoms with Crippen molar-refractivity contribution in [2.45, 2.75) is 32.1 Å². The SMILES string of the molecule is CC1(C)c2ccccc2-c2ccc(-c3ccc(N(C4=CC=C(c5ccc(-c6ccc7oc8ccc9ccccc9c8c7c6)cc5)CC4)c4ccccc4)cc3)cc21. The molecule has 0 saturated carbocycles. The molecule has 0 fully saturated rings. The lowest BCUT2D eigenvalue weighted by Gasteiger charge is -2.30. The highest BCUT2D eigenvalue weighted by atomic mass is 16.3. The van der Waals surface area contributed by atoms with Crippen LogP contribution in [0.2, 0.25) is 0 Å². The summed E-state index contributed by atoms with van der Waals surface area (Å²) in [5.41, 5.74) is 18.5. The molecule has 0 N–H and O–H groups in total. The lowest BCUT2D eigenvalue weighted by Crippen LogP contribution is -2.17. The van der Waals surface area contributed by atoms with E-state index in [9.17, 15) is 0 Å². The number of rotatable bonds is 6. The number of fused-ring (bicyclic) bond motifs is 8. The second-order valence-corrected chi connectivity index (χ2v) is 16.0. The lowest BCUT2D eigenvalue weighted by atomic mass is 9.81. The Morgan fingerprint density at radius 3 is 1.89 bits per heavy atom. The van der Waals surface area contributed by atoms with E-state index in [1.165, 1.54) is 88.9 Å². The summed E-state index contributed by atoms with van der Waals surface area (Å²) < 4.78 is 6.27. The maximum absolute atomic E-state index is 6.27. The zero-order valence-corrected chi connectivity index (χ0v) is 32.2. The van der Waals surface area contributed by atoms with Crippen LogP contribution in [0, 0.1) is 0 Å². The standard InChI is InChI=1S/C55H41NO/c1-55(2)50-15-9-8-14-47(50)48-31-24-42(35-51(48)55)39-22-29-45(30-23-39)56(43-11-4-3-5-12-43)44-27-20-37(21-28-44)36-16-18-38(19-17-36)41-26-32-52-49(34-41)54-46-13-7-6-10-40(46)25-33-53(54)57-52/h3-20,22-27,29-35H,21,28H2,1-2H3. The number of para-hydroxylation sites is 1. The van der Waals surface area contributed by atoms with Crippen LogP contribution in [0.5, 0.6) is 0 Å². The molecule has 2 nitrogen and oxygen atoms in total. The van der Waals surface area contributed by atoms with Crippen molar-refractivity contribution >= 4 is 49.7 Å². The van der Waals surface area contributed by atoms with Crippen LogP contribution in [0.4, 0.5) is 11.4 Å². The van der Waals surface area contributed by atoms with Crippen molar-refractivity contribution in [1.82, 2.24) is 0 Å². The number of hydrogen-bond donors (Lipinski definition) is 0. The second-order valence-electron chi connectivity index (χ2n) is 16.0. The minimum absolute atomic E-state index is 0.0187. The smallest absolute Gasteiger partial charge is 0.136 e. The topological polar surface area (TPSA) is 16.4 Å². The molecular formula is C55H41NO. The third-order valence-corrected chi connectivity index (χ3v) is 12.4. The number of anilines is 2. The molecule has 0 unspecified atom stereocenters. The molecule has 272 valence electrons. The average molecular weight is 732 g/mol. The summed E-state index contributed by atoms with van der Waals surface area (Å²) in [6, 6.07) is 64.2. The first-order chi connectivity index (χ1) is 28.0. The van der Waals surface area contributed by atoms with E-state index in [1.807, 2.05) is 0 Å². The molecule has 0 saturated heterocycles.